The van der Waals surface area contributed by atoms with Crippen LogP contribution in [0.5, 0.6) is 5.75 Å². The maximum atomic E-state index is 5.74. The normalized spacial score (nSPS) is 10.2. The molecule has 0 spiro atoms. The molecule has 3 nitrogen and oxygen atoms in total. The Morgan fingerprint density at radius 3 is 2.94 bits per heavy atom. The van der Waals surface area contributed by atoms with Crippen LogP contribution in [0, 0.1) is 0 Å². The highest BCUT2D eigenvalue weighted by Gasteiger charge is 2.02. The molecule has 1 aromatic carbocycles. The van der Waals surface area contributed by atoms with Gasteiger partial charge in [0.05, 0.1) is 7.11 Å². The molecule has 0 aliphatic carbocycles. The molecule has 2 aromatic rings. The zero-order chi connectivity index (χ0) is 12.1. The molecule has 0 atom stereocenters. The second kappa shape index (κ2) is 5.89. The third-order valence-electron chi connectivity index (χ3n) is 2.34. The van der Waals surface area contributed by atoms with E-state index in [1.807, 2.05) is 23.6 Å². The van der Waals surface area contributed by atoms with Gasteiger partial charge in [-0.05, 0) is 18.1 Å². The Hall–Kier alpha value is -1.26. The molecule has 0 aliphatic rings. The van der Waals surface area contributed by atoms with Crippen LogP contribution < -0.4 is 10.1 Å². The quantitative estimate of drug-likeness (QED) is 0.902. The highest BCUT2D eigenvalue weighted by atomic mass is 35.5. The van der Waals surface area contributed by atoms with E-state index in [4.69, 9.17) is 16.3 Å². The molecular weight excluding hydrogens is 256 g/mol. The minimum absolute atomic E-state index is 0.537. The number of hydrogen-bond acceptors (Lipinski definition) is 4. The van der Waals surface area contributed by atoms with Gasteiger partial charge < -0.3 is 10.1 Å². The number of rotatable bonds is 5. The fourth-order valence-corrected chi connectivity index (χ4v) is 2.42. The summed E-state index contributed by atoms with van der Waals surface area (Å²) < 4.78 is 5.29. The van der Waals surface area contributed by atoms with Crippen LogP contribution in [0.25, 0.3) is 0 Å². The van der Waals surface area contributed by atoms with Crippen LogP contribution in [0.1, 0.15) is 5.56 Å². The van der Waals surface area contributed by atoms with Gasteiger partial charge in [0.2, 0.25) is 0 Å². The lowest BCUT2D eigenvalue weighted by Gasteiger charge is -2.08. The first kappa shape index (κ1) is 12.2. The molecule has 0 amide bonds. The van der Waals surface area contributed by atoms with Gasteiger partial charge in [0, 0.05) is 11.9 Å². The summed E-state index contributed by atoms with van der Waals surface area (Å²) in [5, 5.41) is 6.43. The van der Waals surface area contributed by atoms with E-state index in [1.54, 1.807) is 7.11 Å². The third kappa shape index (κ3) is 3.35. The van der Waals surface area contributed by atoms with Crippen molar-refractivity contribution in [2.24, 2.45) is 0 Å². The number of anilines is 1. The highest BCUT2D eigenvalue weighted by Crippen LogP contribution is 2.20. The Balaban J connectivity index is 1.89. The summed E-state index contributed by atoms with van der Waals surface area (Å²) in [5.74, 6) is 0.923. The lowest BCUT2D eigenvalue weighted by atomic mass is 10.1. The molecule has 1 aromatic heterocycles. The zero-order valence-corrected chi connectivity index (χ0v) is 11.0. The first-order chi connectivity index (χ1) is 8.29. The third-order valence-corrected chi connectivity index (χ3v) is 3.46. The maximum absolute atomic E-state index is 5.74. The average Bonchev–Trinajstić information content (AvgIpc) is 2.76. The molecular formula is C12H13ClN2OS. The van der Waals surface area contributed by atoms with Gasteiger partial charge in [-0.1, -0.05) is 29.8 Å². The summed E-state index contributed by atoms with van der Waals surface area (Å²) in [6.07, 6.45) is 0.890. The second-order valence-electron chi connectivity index (χ2n) is 3.46. The summed E-state index contributed by atoms with van der Waals surface area (Å²) >= 11 is 7.25. The van der Waals surface area contributed by atoms with Crippen LogP contribution in [-0.4, -0.2) is 18.6 Å². The van der Waals surface area contributed by atoms with Crippen molar-refractivity contribution in [2.75, 3.05) is 19.0 Å². The minimum Gasteiger partial charge on any atom is -0.496 e. The van der Waals surface area contributed by atoms with Crippen molar-refractivity contribution in [3.63, 3.8) is 0 Å². The number of para-hydroxylation sites is 1. The molecule has 1 N–H and O–H groups in total. The Morgan fingerprint density at radius 2 is 2.24 bits per heavy atom. The first-order valence-corrected chi connectivity index (χ1v) is 6.52. The van der Waals surface area contributed by atoms with E-state index in [-0.39, 0.29) is 0 Å². The molecule has 1 heterocycles. The van der Waals surface area contributed by atoms with Crippen LogP contribution >= 0.6 is 22.9 Å². The number of nitrogens with one attached hydrogen (secondary N) is 1. The van der Waals surface area contributed by atoms with Crippen LogP contribution in [0.2, 0.25) is 5.15 Å². The van der Waals surface area contributed by atoms with Gasteiger partial charge in [0.15, 0.2) is 5.13 Å². The number of benzene rings is 1. The van der Waals surface area contributed by atoms with Crippen molar-refractivity contribution < 1.29 is 4.74 Å². The molecule has 0 unspecified atom stereocenters. The lowest BCUT2D eigenvalue weighted by molar-refractivity contribution is 0.410. The summed E-state index contributed by atoms with van der Waals surface area (Å²) in [4.78, 5) is 4.13. The molecule has 0 aliphatic heterocycles. The predicted molar refractivity (Wildman–Crippen MR) is 72.3 cm³/mol. The topological polar surface area (TPSA) is 34.1 Å². The van der Waals surface area contributed by atoms with Crippen molar-refractivity contribution in [3.05, 3.63) is 40.4 Å². The Labute approximate surface area is 109 Å². The Morgan fingerprint density at radius 1 is 1.41 bits per heavy atom. The van der Waals surface area contributed by atoms with Crippen LogP contribution in [-0.2, 0) is 6.42 Å². The average molecular weight is 269 g/mol. The van der Waals surface area contributed by atoms with E-state index in [2.05, 4.69) is 16.4 Å². The van der Waals surface area contributed by atoms with E-state index in [9.17, 15) is 0 Å². The van der Waals surface area contributed by atoms with Gasteiger partial charge in [0.25, 0.3) is 0 Å². The monoisotopic (exact) mass is 268 g/mol. The molecule has 0 bridgehead atoms. The number of aromatic nitrogens is 1. The van der Waals surface area contributed by atoms with Gasteiger partial charge in [-0.3, -0.25) is 0 Å². The Bertz CT molecular complexity index is 487. The van der Waals surface area contributed by atoms with E-state index in [1.165, 1.54) is 16.9 Å². The number of ether oxygens (including phenoxy) is 1. The summed E-state index contributed by atoms with van der Waals surface area (Å²) in [7, 11) is 1.69. The predicted octanol–water partition coefficient (Wildman–Crippen LogP) is 3.46. The van der Waals surface area contributed by atoms with Gasteiger partial charge in [0.1, 0.15) is 10.9 Å². The SMILES string of the molecule is COc1ccccc1CCNc1nc(Cl)cs1. The van der Waals surface area contributed by atoms with Crippen LogP contribution in [0.4, 0.5) is 5.13 Å². The molecule has 90 valence electrons. The van der Waals surface area contributed by atoms with Gasteiger partial charge in [-0.25, -0.2) is 4.98 Å². The number of methoxy groups -OCH3 is 1. The van der Waals surface area contributed by atoms with Crippen LogP contribution in [0.3, 0.4) is 0 Å². The number of halogens is 1. The smallest absolute Gasteiger partial charge is 0.184 e. The Kier molecular flexibility index (Phi) is 4.23. The first-order valence-electron chi connectivity index (χ1n) is 5.26. The van der Waals surface area contributed by atoms with E-state index >= 15 is 0 Å². The largest absolute Gasteiger partial charge is 0.496 e. The number of thiazole rings is 1. The van der Waals surface area contributed by atoms with Crippen LogP contribution in [0.15, 0.2) is 29.6 Å². The van der Waals surface area contributed by atoms with Gasteiger partial charge in [-0.15, -0.1) is 11.3 Å². The fourth-order valence-electron chi connectivity index (χ4n) is 1.55. The van der Waals surface area contributed by atoms with Crippen molar-refractivity contribution >= 4 is 28.1 Å². The molecule has 0 saturated heterocycles. The molecule has 5 heteroatoms. The molecule has 2 rings (SSSR count). The van der Waals surface area contributed by atoms with Gasteiger partial charge in [-0.2, -0.15) is 0 Å². The van der Waals surface area contributed by atoms with Crippen molar-refractivity contribution in [2.45, 2.75) is 6.42 Å². The fraction of sp³-hybridized carbons (Fsp3) is 0.250. The molecule has 0 radical (unpaired) electrons. The summed E-state index contributed by atoms with van der Waals surface area (Å²) in [6.45, 7) is 0.810. The van der Waals surface area contributed by atoms with E-state index in [0.717, 1.165) is 23.8 Å². The van der Waals surface area contributed by atoms with E-state index in [0.29, 0.717) is 5.15 Å². The summed E-state index contributed by atoms with van der Waals surface area (Å²) in [5.41, 5.74) is 1.19. The van der Waals surface area contributed by atoms with Crippen molar-refractivity contribution in [1.82, 2.24) is 4.98 Å². The second-order valence-corrected chi connectivity index (χ2v) is 4.71. The summed E-state index contributed by atoms with van der Waals surface area (Å²) in [6, 6.07) is 8.01. The zero-order valence-electron chi connectivity index (χ0n) is 9.44. The number of hydrogen-bond donors (Lipinski definition) is 1. The standard InChI is InChI=1S/C12H13ClN2OS/c1-16-10-5-3-2-4-9(10)6-7-14-12-15-11(13)8-17-12/h2-5,8H,6-7H2,1H3,(H,14,15). The lowest BCUT2D eigenvalue weighted by Crippen LogP contribution is -2.05. The maximum Gasteiger partial charge on any atom is 0.184 e. The van der Waals surface area contributed by atoms with Crippen molar-refractivity contribution in [3.8, 4) is 5.75 Å². The molecule has 0 saturated carbocycles. The minimum atomic E-state index is 0.537. The van der Waals surface area contributed by atoms with Crippen molar-refractivity contribution in [1.29, 1.82) is 0 Å². The van der Waals surface area contributed by atoms with Gasteiger partial charge >= 0.3 is 0 Å². The van der Waals surface area contributed by atoms with E-state index < -0.39 is 0 Å². The molecule has 0 fully saturated rings. The molecule has 17 heavy (non-hydrogen) atoms. The number of nitrogens with zero attached hydrogens (tertiary/aromatic N) is 1. The highest BCUT2D eigenvalue weighted by molar-refractivity contribution is 7.14.